The first-order valence-electron chi connectivity index (χ1n) is 9.35. The van der Waals surface area contributed by atoms with Gasteiger partial charge in [-0.25, -0.2) is 9.59 Å². The highest BCUT2D eigenvalue weighted by atomic mass is 16.6. The topological polar surface area (TPSA) is 78.9 Å². The Labute approximate surface area is 170 Å². The molecule has 0 saturated heterocycles. The van der Waals surface area contributed by atoms with Gasteiger partial charge in [0.15, 0.2) is 12.2 Å². The molecule has 1 heterocycles. The van der Waals surface area contributed by atoms with Gasteiger partial charge in [0.05, 0.1) is 0 Å². The highest BCUT2D eigenvalue weighted by molar-refractivity contribution is 5.88. The lowest BCUT2D eigenvalue weighted by Crippen LogP contribution is -2.26. The van der Waals surface area contributed by atoms with Crippen molar-refractivity contribution in [2.24, 2.45) is 0 Å². The molecule has 0 radical (unpaired) electrons. The molecule has 6 heteroatoms. The Bertz CT molecular complexity index is 893. The maximum atomic E-state index is 12.3. The van der Waals surface area contributed by atoms with Crippen LogP contribution in [0.15, 0.2) is 53.6 Å². The second kappa shape index (κ2) is 9.37. The Morgan fingerprint density at radius 2 is 1.76 bits per heavy atom. The number of ether oxygens (including phenoxy) is 3. The molecule has 0 saturated carbocycles. The number of carbonyl (C=O) groups excluding carboxylic acids is 3. The number of allylic oxidation sites excluding steroid dienone is 2. The second-order valence-electron chi connectivity index (χ2n) is 6.85. The first-order valence-corrected chi connectivity index (χ1v) is 9.35. The van der Waals surface area contributed by atoms with Crippen LogP contribution in [-0.2, 0) is 23.9 Å². The molecule has 29 heavy (non-hydrogen) atoms. The van der Waals surface area contributed by atoms with Crippen LogP contribution in [0.2, 0.25) is 0 Å². The van der Waals surface area contributed by atoms with Gasteiger partial charge in [0.2, 0.25) is 0 Å². The van der Waals surface area contributed by atoms with Crippen molar-refractivity contribution in [3.63, 3.8) is 0 Å². The normalized spacial score (nSPS) is 19.6. The molecular weight excluding hydrogens is 372 g/mol. The zero-order valence-electron chi connectivity index (χ0n) is 17.4. The molecule has 1 aromatic rings. The van der Waals surface area contributed by atoms with E-state index in [-0.39, 0.29) is 5.57 Å². The molecule has 0 aliphatic carbocycles. The lowest BCUT2D eigenvalue weighted by molar-refractivity contribution is -0.147. The van der Waals surface area contributed by atoms with Crippen molar-refractivity contribution < 1.29 is 28.6 Å². The fourth-order valence-corrected chi connectivity index (χ4v) is 2.74. The molecular formula is C23H26O6. The van der Waals surface area contributed by atoms with E-state index >= 15 is 0 Å². The van der Waals surface area contributed by atoms with Crippen LogP contribution in [0.5, 0.6) is 5.75 Å². The second-order valence-corrected chi connectivity index (χ2v) is 6.85. The van der Waals surface area contributed by atoms with E-state index in [9.17, 15) is 14.4 Å². The molecule has 0 amide bonds. The van der Waals surface area contributed by atoms with Crippen molar-refractivity contribution in [3.8, 4) is 5.75 Å². The van der Waals surface area contributed by atoms with Crippen molar-refractivity contribution in [2.45, 2.75) is 52.9 Å². The average Bonchev–Trinajstić information content (AvgIpc) is 3.09. The van der Waals surface area contributed by atoms with Gasteiger partial charge < -0.3 is 14.2 Å². The van der Waals surface area contributed by atoms with Gasteiger partial charge in [-0.2, -0.15) is 0 Å². The highest BCUT2D eigenvalue weighted by Gasteiger charge is 2.39. The first-order chi connectivity index (χ1) is 13.7. The summed E-state index contributed by atoms with van der Waals surface area (Å²) >= 11 is 0. The summed E-state index contributed by atoms with van der Waals surface area (Å²) in [5.74, 6) is -0.428. The van der Waals surface area contributed by atoms with Crippen LogP contribution in [-0.4, -0.2) is 24.3 Å². The van der Waals surface area contributed by atoms with Crippen LogP contribution < -0.4 is 4.74 Å². The minimum absolute atomic E-state index is 0.168. The van der Waals surface area contributed by atoms with Gasteiger partial charge >= 0.3 is 11.9 Å². The number of esters is 2. The molecule has 6 nitrogen and oxygen atoms in total. The average molecular weight is 398 g/mol. The van der Waals surface area contributed by atoms with Crippen LogP contribution in [0.25, 0.3) is 0 Å². The number of hydrogen-bond donors (Lipinski definition) is 0. The molecule has 0 fully saturated rings. The van der Waals surface area contributed by atoms with E-state index in [2.05, 4.69) is 6.58 Å². The summed E-state index contributed by atoms with van der Waals surface area (Å²) in [4.78, 5) is 35.6. The molecule has 2 rings (SSSR count). The lowest BCUT2D eigenvalue weighted by atomic mass is 9.98. The third-order valence-corrected chi connectivity index (χ3v) is 4.88. The van der Waals surface area contributed by atoms with Crippen LogP contribution >= 0.6 is 0 Å². The predicted octanol–water partition coefficient (Wildman–Crippen LogP) is 4.32. The van der Waals surface area contributed by atoms with E-state index in [0.717, 1.165) is 0 Å². The van der Waals surface area contributed by atoms with Crippen LogP contribution in [0.3, 0.4) is 0 Å². The molecule has 0 aromatic heterocycles. The predicted molar refractivity (Wildman–Crippen MR) is 108 cm³/mol. The molecule has 1 aliphatic heterocycles. The maximum absolute atomic E-state index is 12.3. The molecule has 0 N–H and O–H groups in total. The SMILES string of the molecule is C=C(C=O)[C@H]1Oc2ccc([C@@H](C)OC(=O)C(C)=CC)cc2[C@@H]1OC(=O)C(C)=CC. The van der Waals surface area contributed by atoms with Gasteiger partial charge in [0, 0.05) is 22.3 Å². The summed E-state index contributed by atoms with van der Waals surface area (Å²) in [6, 6.07) is 5.24. The Morgan fingerprint density at radius 3 is 2.34 bits per heavy atom. The number of rotatable bonds is 7. The van der Waals surface area contributed by atoms with Gasteiger partial charge in [-0.05, 0) is 52.3 Å². The molecule has 1 aromatic carbocycles. The standard InChI is InChI=1S/C23H26O6/c1-7-13(3)22(25)27-16(6)17-9-10-19-18(11-17)21(20(28-19)15(5)12-24)29-23(26)14(4)8-2/h7-12,16,20-21H,5H2,1-4,6H3/t16-,20-,21+/m1/s1. The minimum Gasteiger partial charge on any atom is -0.481 e. The third kappa shape index (κ3) is 4.83. The summed E-state index contributed by atoms with van der Waals surface area (Å²) in [6.45, 7) is 12.3. The molecule has 3 atom stereocenters. The summed E-state index contributed by atoms with van der Waals surface area (Å²) in [5.41, 5.74) is 2.43. The lowest BCUT2D eigenvalue weighted by Gasteiger charge is -2.20. The number of aldehydes is 1. The van der Waals surface area contributed by atoms with E-state index in [0.29, 0.717) is 34.3 Å². The molecule has 0 spiro atoms. The Hall–Kier alpha value is -3.15. The van der Waals surface area contributed by atoms with Crippen LogP contribution in [0.4, 0.5) is 0 Å². The van der Waals surface area contributed by atoms with Gasteiger partial charge in [-0.15, -0.1) is 0 Å². The van der Waals surface area contributed by atoms with E-state index in [1.807, 2.05) is 0 Å². The number of fused-ring (bicyclic) bond motifs is 1. The van der Waals surface area contributed by atoms with Crippen molar-refractivity contribution in [1.82, 2.24) is 0 Å². The Kier molecular flexibility index (Phi) is 7.15. The zero-order chi connectivity index (χ0) is 21.7. The van der Waals surface area contributed by atoms with Crippen molar-refractivity contribution in [3.05, 3.63) is 64.8 Å². The van der Waals surface area contributed by atoms with Gasteiger partial charge in [0.1, 0.15) is 18.1 Å². The number of benzene rings is 1. The highest BCUT2D eigenvalue weighted by Crippen LogP contribution is 2.43. The van der Waals surface area contributed by atoms with E-state index in [4.69, 9.17) is 14.2 Å². The Balaban J connectivity index is 2.36. The maximum Gasteiger partial charge on any atom is 0.334 e. The summed E-state index contributed by atoms with van der Waals surface area (Å²) < 4.78 is 16.9. The van der Waals surface area contributed by atoms with Crippen LogP contribution in [0.1, 0.15) is 58.0 Å². The largest absolute Gasteiger partial charge is 0.481 e. The smallest absolute Gasteiger partial charge is 0.334 e. The molecule has 154 valence electrons. The summed E-state index contributed by atoms with van der Waals surface area (Å²) in [5, 5.41) is 0. The summed E-state index contributed by atoms with van der Waals surface area (Å²) in [7, 11) is 0. The third-order valence-electron chi connectivity index (χ3n) is 4.88. The van der Waals surface area contributed by atoms with Crippen molar-refractivity contribution >= 4 is 18.2 Å². The fourth-order valence-electron chi connectivity index (χ4n) is 2.74. The molecule has 0 bridgehead atoms. The summed E-state index contributed by atoms with van der Waals surface area (Å²) in [6.07, 6.45) is 1.75. The quantitative estimate of drug-likeness (QED) is 0.387. The number of carbonyl (C=O) groups is 3. The van der Waals surface area contributed by atoms with Crippen molar-refractivity contribution in [2.75, 3.05) is 0 Å². The van der Waals surface area contributed by atoms with Gasteiger partial charge in [-0.1, -0.05) is 24.8 Å². The number of hydrogen-bond acceptors (Lipinski definition) is 6. The van der Waals surface area contributed by atoms with Gasteiger partial charge in [0.25, 0.3) is 0 Å². The fraction of sp³-hybridized carbons (Fsp3) is 0.348. The molecule has 0 unspecified atom stereocenters. The zero-order valence-corrected chi connectivity index (χ0v) is 17.4. The van der Waals surface area contributed by atoms with E-state index in [1.165, 1.54) is 0 Å². The van der Waals surface area contributed by atoms with Crippen LogP contribution in [0, 0.1) is 0 Å². The Morgan fingerprint density at radius 1 is 1.14 bits per heavy atom. The molecule has 1 aliphatic rings. The van der Waals surface area contributed by atoms with E-state index < -0.39 is 30.3 Å². The van der Waals surface area contributed by atoms with Crippen molar-refractivity contribution in [1.29, 1.82) is 0 Å². The minimum atomic E-state index is -0.828. The van der Waals surface area contributed by atoms with E-state index in [1.54, 1.807) is 65.0 Å². The monoisotopic (exact) mass is 398 g/mol. The first kappa shape index (κ1) is 22.1. The van der Waals surface area contributed by atoms with Gasteiger partial charge in [-0.3, -0.25) is 4.79 Å².